The Morgan fingerprint density at radius 2 is 2.00 bits per heavy atom. The van der Waals surface area contributed by atoms with E-state index < -0.39 is 0 Å². The van der Waals surface area contributed by atoms with Crippen molar-refractivity contribution < 1.29 is 0 Å². The fourth-order valence-corrected chi connectivity index (χ4v) is 2.68. The van der Waals surface area contributed by atoms with Gasteiger partial charge in [0, 0.05) is 19.1 Å². The minimum absolute atomic E-state index is 0.233. The van der Waals surface area contributed by atoms with E-state index in [-0.39, 0.29) is 6.04 Å². The summed E-state index contributed by atoms with van der Waals surface area (Å²) in [6, 6.07) is 0.233. The Labute approximate surface area is 115 Å². The van der Waals surface area contributed by atoms with E-state index in [1.54, 1.807) is 0 Å². The number of anilines is 1. The first-order chi connectivity index (χ1) is 9.15. The molecule has 0 radical (unpaired) electrons. The first kappa shape index (κ1) is 14.2. The van der Waals surface area contributed by atoms with E-state index in [0.29, 0.717) is 5.92 Å². The Morgan fingerprint density at radius 3 is 2.63 bits per heavy atom. The fourth-order valence-electron chi connectivity index (χ4n) is 2.68. The summed E-state index contributed by atoms with van der Waals surface area (Å²) in [7, 11) is 0. The highest BCUT2D eigenvalue weighted by Crippen LogP contribution is 2.22. The lowest BCUT2D eigenvalue weighted by Crippen LogP contribution is -2.43. The zero-order chi connectivity index (χ0) is 13.8. The maximum atomic E-state index is 6.03. The average Bonchev–Trinajstić information content (AvgIpc) is 2.46. The van der Waals surface area contributed by atoms with Crippen LogP contribution in [0.3, 0.4) is 0 Å². The van der Waals surface area contributed by atoms with Gasteiger partial charge in [-0.1, -0.05) is 13.8 Å². The van der Waals surface area contributed by atoms with Gasteiger partial charge in [-0.05, 0) is 38.5 Å². The molecule has 5 heteroatoms. The van der Waals surface area contributed by atoms with Crippen molar-refractivity contribution in [2.24, 2.45) is 11.7 Å². The number of hydrogen-bond acceptors (Lipinski definition) is 5. The van der Waals surface area contributed by atoms with Gasteiger partial charge in [0.15, 0.2) is 0 Å². The van der Waals surface area contributed by atoms with Crippen molar-refractivity contribution in [1.82, 2.24) is 15.2 Å². The second-order valence-electron chi connectivity index (χ2n) is 5.42. The van der Waals surface area contributed by atoms with Crippen LogP contribution < -0.4 is 10.6 Å². The molecule has 1 aromatic rings. The summed E-state index contributed by atoms with van der Waals surface area (Å²) in [5.74, 6) is 1.31. The predicted molar refractivity (Wildman–Crippen MR) is 77.2 cm³/mol. The van der Waals surface area contributed by atoms with Crippen LogP contribution in [0.5, 0.6) is 0 Å². The number of aromatic nitrogens is 3. The number of piperidine rings is 1. The van der Waals surface area contributed by atoms with Crippen molar-refractivity contribution in [3.05, 3.63) is 11.4 Å². The Morgan fingerprint density at radius 1 is 1.26 bits per heavy atom. The molecular weight excluding hydrogens is 238 g/mol. The van der Waals surface area contributed by atoms with E-state index in [1.807, 2.05) is 0 Å². The van der Waals surface area contributed by atoms with Gasteiger partial charge in [-0.3, -0.25) is 0 Å². The summed E-state index contributed by atoms with van der Waals surface area (Å²) in [6.45, 7) is 8.27. The summed E-state index contributed by atoms with van der Waals surface area (Å²) < 4.78 is 0. The second-order valence-corrected chi connectivity index (χ2v) is 5.42. The van der Waals surface area contributed by atoms with E-state index in [0.717, 1.165) is 49.7 Å². The quantitative estimate of drug-likeness (QED) is 0.893. The minimum atomic E-state index is 0.233. The molecule has 1 aromatic heterocycles. The molecule has 1 fully saturated rings. The van der Waals surface area contributed by atoms with Gasteiger partial charge in [-0.25, -0.2) is 4.98 Å². The normalized spacial score (nSPS) is 21.5. The Balaban J connectivity index is 2.17. The van der Waals surface area contributed by atoms with Crippen molar-refractivity contribution in [3.63, 3.8) is 0 Å². The molecule has 0 aliphatic carbocycles. The minimum Gasteiger partial charge on any atom is -0.339 e. The van der Waals surface area contributed by atoms with Crippen molar-refractivity contribution >= 4 is 5.95 Å². The molecule has 19 heavy (non-hydrogen) atoms. The van der Waals surface area contributed by atoms with Crippen molar-refractivity contribution in [1.29, 1.82) is 0 Å². The summed E-state index contributed by atoms with van der Waals surface area (Å²) in [4.78, 5) is 6.93. The molecule has 0 bridgehead atoms. The molecule has 0 aromatic carbocycles. The molecule has 2 atom stereocenters. The van der Waals surface area contributed by atoms with Gasteiger partial charge >= 0.3 is 0 Å². The van der Waals surface area contributed by atoms with Crippen LogP contribution in [0, 0.1) is 5.92 Å². The largest absolute Gasteiger partial charge is 0.339 e. The third-order valence-electron chi connectivity index (χ3n) is 3.98. The van der Waals surface area contributed by atoms with E-state index in [4.69, 9.17) is 10.7 Å². The van der Waals surface area contributed by atoms with Crippen molar-refractivity contribution in [2.75, 3.05) is 18.0 Å². The van der Waals surface area contributed by atoms with Gasteiger partial charge in [0.25, 0.3) is 0 Å². The maximum Gasteiger partial charge on any atom is 0.245 e. The van der Waals surface area contributed by atoms with Crippen LogP contribution in [0.2, 0.25) is 0 Å². The first-order valence-electron chi connectivity index (χ1n) is 7.38. The summed E-state index contributed by atoms with van der Waals surface area (Å²) >= 11 is 0. The molecule has 1 aliphatic rings. The number of hydrogen-bond donors (Lipinski definition) is 1. The lowest BCUT2D eigenvalue weighted by atomic mass is 9.92. The summed E-state index contributed by atoms with van der Waals surface area (Å²) in [6.07, 6.45) is 4.17. The van der Waals surface area contributed by atoms with Gasteiger partial charge in [0.05, 0.1) is 11.4 Å². The SMILES string of the molecule is CCc1nnc(N2CCCC(C(C)N)C2)nc1CC. The predicted octanol–water partition coefficient (Wildman–Crippen LogP) is 1.56. The van der Waals surface area contributed by atoms with Crippen LogP contribution in [-0.2, 0) is 12.8 Å². The molecular formula is C14H25N5. The zero-order valence-electron chi connectivity index (χ0n) is 12.3. The third-order valence-corrected chi connectivity index (χ3v) is 3.98. The van der Waals surface area contributed by atoms with Crippen LogP contribution in [-0.4, -0.2) is 34.3 Å². The molecule has 1 aliphatic heterocycles. The number of nitrogens with zero attached hydrogens (tertiary/aromatic N) is 4. The van der Waals surface area contributed by atoms with Crippen LogP contribution in [0.15, 0.2) is 0 Å². The number of nitrogens with two attached hydrogens (primary N) is 1. The molecule has 2 N–H and O–H groups in total. The standard InChI is InChI=1S/C14H25N5/c1-4-12-13(5-2)17-18-14(16-12)19-8-6-7-11(9-19)10(3)15/h10-11H,4-9,15H2,1-3H3. The lowest BCUT2D eigenvalue weighted by molar-refractivity contribution is 0.361. The van der Waals surface area contributed by atoms with E-state index in [1.165, 1.54) is 6.42 Å². The lowest BCUT2D eigenvalue weighted by Gasteiger charge is -2.34. The molecule has 2 unspecified atom stereocenters. The average molecular weight is 263 g/mol. The highest BCUT2D eigenvalue weighted by Gasteiger charge is 2.24. The number of aryl methyl sites for hydroxylation is 2. The van der Waals surface area contributed by atoms with Crippen molar-refractivity contribution in [3.8, 4) is 0 Å². The summed E-state index contributed by atoms with van der Waals surface area (Å²) in [5.41, 5.74) is 8.13. The molecule has 0 spiro atoms. The second kappa shape index (κ2) is 6.28. The zero-order valence-corrected chi connectivity index (χ0v) is 12.3. The first-order valence-corrected chi connectivity index (χ1v) is 7.38. The molecule has 0 saturated carbocycles. The van der Waals surface area contributed by atoms with Crippen LogP contribution >= 0.6 is 0 Å². The topological polar surface area (TPSA) is 67.9 Å². The molecule has 5 nitrogen and oxygen atoms in total. The van der Waals surface area contributed by atoms with Crippen molar-refractivity contribution in [2.45, 2.75) is 52.5 Å². The number of rotatable bonds is 4. The molecule has 2 heterocycles. The van der Waals surface area contributed by atoms with E-state index in [2.05, 4.69) is 35.9 Å². The van der Waals surface area contributed by atoms with Gasteiger partial charge in [-0.2, -0.15) is 5.10 Å². The van der Waals surface area contributed by atoms with Gasteiger partial charge < -0.3 is 10.6 Å². The fraction of sp³-hybridized carbons (Fsp3) is 0.786. The molecule has 2 rings (SSSR count). The Kier molecular flexibility index (Phi) is 4.69. The van der Waals surface area contributed by atoms with Crippen LogP contribution in [0.4, 0.5) is 5.95 Å². The summed E-state index contributed by atoms with van der Waals surface area (Å²) in [5, 5.41) is 8.63. The van der Waals surface area contributed by atoms with Gasteiger partial charge in [-0.15, -0.1) is 5.10 Å². The Hall–Kier alpha value is -1.23. The van der Waals surface area contributed by atoms with E-state index in [9.17, 15) is 0 Å². The monoisotopic (exact) mass is 263 g/mol. The molecule has 1 saturated heterocycles. The smallest absolute Gasteiger partial charge is 0.245 e. The third kappa shape index (κ3) is 3.21. The molecule has 0 amide bonds. The van der Waals surface area contributed by atoms with Crippen LogP contribution in [0.1, 0.15) is 45.0 Å². The van der Waals surface area contributed by atoms with Crippen LogP contribution in [0.25, 0.3) is 0 Å². The maximum absolute atomic E-state index is 6.03. The highest BCUT2D eigenvalue weighted by molar-refractivity contribution is 5.31. The van der Waals surface area contributed by atoms with Gasteiger partial charge in [0.1, 0.15) is 0 Å². The molecule has 106 valence electrons. The van der Waals surface area contributed by atoms with E-state index >= 15 is 0 Å². The highest BCUT2D eigenvalue weighted by atomic mass is 15.3. The van der Waals surface area contributed by atoms with Gasteiger partial charge in [0.2, 0.25) is 5.95 Å². The Bertz CT molecular complexity index is 418.